The largest absolute Gasteiger partial charge is 0.455 e. The number of aromatic nitrogens is 4. The topological polar surface area (TPSA) is 78.3 Å². The van der Waals surface area contributed by atoms with Gasteiger partial charge < -0.3 is 10.5 Å². The average Bonchev–Trinajstić information content (AvgIpc) is 3.29. The van der Waals surface area contributed by atoms with Crippen molar-refractivity contribution in [3.63, 3.8) is 0 Å². The summed E-state index contributed by atoms with van der Waals surface area (Å²) in [6.07, 6.45) is 6.41. The van der Waals surface area contributed by atoms with Crippen LogP contribution in [0.5, 0.6) is 0 Å². The van der Waals surface area contributed by atoms with Gasteiger partial charge in [-0.05, 0) is 49.8 Å². The fourth-order valence-electron chi connectivity index (χ4n) is 3.94. The smallest absolute Gasteiger partial charge is 0.222 e. The molecule has 0 saturated heterocycles. The molecule has 0 spiro atoms. The van der Waals surface area contributed by atoms with E-state index in [1.165, 1.54) is 10.6 Å². The summed E-state index contributed by atoms with van der Waals surface area (Å²) >= 11 is 0. The summed E-state index contributed by atoms with van der Waals surface area (Å²) in [5.41, 5.74) is 9.28. The molecule has 0 atom stereocenters. The first-order valence-electron chi connectivity index (χ1n) is 10.7. The number of pyridine rings is 1. The number of nitrogens with zero attached hydrogens (tertiary/aromatic N) is 4. The fourth-order valence-corrected chi connectivity index (χ4v) is 3.94. The molecule has 33 heavy (non-hydrogen) atoms. The van der Waals surface area contributed by atoms with Gasteiger partial charge in [0.1, 0.15) is 22.8 Å². The van der Waals surface area contributed by atoms with Crippen molar-refractivity contribution in [1.82, 2.24) is 19.6 Å². The summed E-state index contributed by atoms with van der Waals surface area (Å²) in [5, 5.41) is 6.26. The molecule has 7 heteroatoms. The number of nitrogen functional groups attached to an aromatic ring is 1. The third-order valence-corrected chi connectivity index (χ3v) is 5.44. The number of halogens is 1. The van der Waals surface area contributed by atoms with E-state index in [0.717, 1.165) is 22.9 Å². The van der Waals surface area contributed by atoms with Crippen molar-refractivity contribution in [2.75, 3.05) is 5.73 Å². The highest BCUT2D eigenvalue weighted by atomic mass is 19.1. The Morgan fingerprint density at radius 1 is 1.09 bits per heavy atom. The molecular formula is C26H22FN5O. The summed E-state index contributed by atoms with van der Waals surface area (Å²) in [6, 6.07) is 16.6. The van der Waals surface area contributed by atoms with Gasteiger partial charge in [0.2, 0.25) is 5.95 Å². The molecule has 0 unspecified atom stereocenters. The zero-order valence-corrected chi connectivity index (χ0v) is 18.3. The molecule has 164 valence electrons. The number of ether oxygens (including phenoxy) is 1. The highest BCUT2D eigenvalue weighted by Crippen LogP contribution is 2.31. The van der Waals surface area contributed by atoms with Crippen LogP contribution < -0.4 is 5.73 Å². The number of hydrogen-bond donors (Lipinski definition) is 1. The molecule has 0 aliphatic rings. The van der Waals surface area contributed by atoms with Crippen LogP contribution in [0.2, 0.25) is 0 Å². The van der Waals surface area contributed by atoms with Crippen LogP contribution in [0.4, 0.5) is 10.3 Å². The van der Waals surface area contributed by atoms with Crippen LogP contribution in [0.25, 0.3) is 38.8 Å². The quantitative estimate of drug-likeness (QED) is 0.341. The van der Waals surface area contributed by atoms with Crippen LogP contribution >= 0.6 is 0 Å². The maximum Gasteiger partial charge on any atom is 0.222 e. The van der Waals surface area contributed by atoms with Gasteiger partial charge in [-0.3, -0.25) is 4.98 Å². The minimum absolute atomic E-state index is 0.104. The first-order valence-corrected chi connectivity index (χ1v) is 10.7. The Bertz CT molecular complexity index is 1560. The Labute approximate surface area is 189 Å². The lowest BCUT2D eigenvalue weighted by atomic mass is 10.1. The van der Waals surface area contributed by atoms with Crippen LogP contribution in [-0.2, 0) is 4.74 Å². The maximum absolute atomic E-state index is 14.3. The first-order chi connectivity index (χ1) is 16.1. The maximum atomic E-state index is 14.3. The van der Waals surface area contributed by atoms with E-state index in [0.29, 0.717) is 28.1 Å². The van der Waals surface area contributed by atoms with Gasteiger partial charge in [-0.25, -0.2) is 9.37 Å². The summed E-state index contributed by atoms with van der Waals surface area (Å²) in [7, 11) is 0. The predicted octanol–water partition coefficient (Wildman–Crippen LogP) is 5.98. The van der Waals surface area contributed by atoms with Gasteiger partial charge in [0.05, 0.1) is 11.0 Å². The van der Waals surface area contributed by atoms with Gasteiger partial charge in [0, 0.05) is 22.5 Å². The van der Waals surface area contributed by atoms with Gasteiger partial charge in [0.15, 0.2) is 5.76 Å². The van der Waals surface area contributed by atoms with E-state index in [1.807, 2.05) is 55.5 Å². The van der Waals surface area contributed by atoms with Crippen LogP contribution in [-0.4, -0.2) is 19.6 Å². The SMILES string of the molecule is C/C=C(\O/C(=C/CC)c1cccc2cccnc12)c1cc2c3cccc(F)c3nc(N)n2n1. The molecule has 0 amide bonds. The van der Waals surface area contributed by atoms with Gasteiger partial charge >= 0.3 is 0 Å². The van der Waals surface area contributed by atoms with E-state index in [-0.39, 0.29) is 11.5 Å². The van der Waals surface area contributed by atoms with Crippen molar-refractivity contribution in [3.8, 4) is 0 Å². The van der Waals surface area contributed by atoms with Gasteiger partial charge in [-0.1, -0.05) is 37.3 Å². The normalized spacial score (nSPS) is 12.7. The van der Waals surface area contributed by atoms with E-state index in [4.69, 9.17) is 10.5 Å². The molecule has 0 radical (unpaired) electrons. The summed E-state index contributed by atoms with van der Waals surface area (Å²) < 4.78 is 22.2. The molecule has 6 nitrogen and oxygen atoms in total. The van der Waals surface area contributed by atoms with Crippen LogP contribution in [0.15, 0.2) is 72.9 Å². The first kappa shape index (κ1) is 20.6. The number of benzene rings is 2. The molecule has 2 aromatic carbocycles. The molecule has 0 aliphatic heterocycles. The van der Waals surface area contributed by atoms with Crippen molar-refractivity contribution < 1.29 is 9.13 Å². The number of allylic oxidation sites excluding steroid dienone is 2. The third kappa shape index (κ3) is 3.57. The van der Waals surface area contributed by atoms with E-state index < -0.39 is 5.82 Å². The second-order valence-electron chi connectivity index (χ2n) is 7.54. The summed E-state index contributed by atoms with van der Waals surface area (Å²) in [5.74, 6) is 0.916. The lowest BCUT2D eigenvalue weighted by Crippen LogP contribution is -2.03. The lowest BCUT2D eigenvalue weighted by molar-refractivity contribution is 0.466. The van der Waals surface area contributed by atoms with Crippen LogP contribution in [0.1, 0.15) is 31.5 Å². The Morgan fingerprint density at radius 3 is 2.73 bits per heavy atom. The number of rotatable bonds is 5. The third-order valence-electron chi connectivity index (χ3n) is 5.44. The van der Waals surface area contributed by atoms with E-state index in [1.54, 1.807) is 18.3 Å². The number of hydrogen-bond acceptors (Lipinski definition) is 5. The van der Waals surface area contributed by atoms with Gasteiger partial charge in [-0.2, -0.15) is 9.61 Å². The van der Waals surface area contributed by atoms with Crippen molar-refractivity contribution in [2.24, 2.45) is 0 Å². The minimum atomic E-state index is -0.427. The lowest BCUT2D eigenvalue weighted by Gasteiger charge is -2.13. The highest BCUT2D eigenvalue weighted by molar-refractivity contribution is 5.96. The summed E-state index contributed by atoms with van der Waals surface area (Å²) in [6.45, 7) is 3.93. The highest BCUT2D eigenvalue weighted by Gasteiger charge is 2.17. The van der Waals surface area contributed by atoms with E-state index >= 15 is 0 Å². The Morgan fingerprint density at radius 2 is 1.91 bits per heavy atom. The molecule has 5 aromatic rings. The monoisotopic (exact) mass is 439 g/mol. The van der Waals surface area contributed by atoms with Crippen LogP contribution in [0.3, 0.4) is 0 Å². The Kier molecular flexibility index (Phi) is 5.22. The molecule has 3 heterocycles. The van der Waals surface area contributed by atoms with Crippen LogP contribution in [0, 0.1) is 5.82 Å². The molecular weight excluding hydrogens is 417 g/mol. The Hall–Kier alpha value is -4.26. The van der Waals surface area contributed by atoms with Crippen molar-refractivity contribution in [1.29, 1.82) is 0 Å². The van der Waals surface area contributed by atoms with Gasteiger partial charge in [0.25, 0.3) is 0 Å². The zero-order valence-electron chi connectivity index (χ0n) is 18.3. The zero-order chi connectivity index (χ0) is 22.9. The molecule has 5 rings (SSSR count). The number of anilines is 1. The van der Waals surface area contributed by atoms with Gasteiger partial charge in [-0.15, -0.1) is 0 Å². The second kappa shape index (κ2) is 8.35. The molecule has 0 fully saturated rings. The predicted molar refractivity (Wildman–Crippen MR) is 130 cm³/mol. The average molecular weight is 439 g/mol. The second-order valence-corrected chi connectivity index (χ2v) is 7.54. The number of fused-ring (bicyclic) bond motifs is 4. The summed E-state index contributed by atoms with van der Waals surface area (Å²) in [4.78, 5) is 8.76. The molecule has 0 bridgehead atoms. The van der Waals surface area contributed by atoms with Crippen molar-refractivity contribution >= 4 is 44.8 Å². The fraction of sp³-hybridized carbons (Fsp3) is 0.115. The molecule has 2 N–H and O–H groups in total. The van der Waals surface area contributed by atoms with Crippen molar-refractivity contribution in [3.05, 3.63) is 90.0 Å². The number of para-hydroxylation sites is 2. The van der Waals surface area contributed by atoms with Crippen molar-refractivity contribution in [2.45, 2.75) is 20.3 Å². The minimum Gasteiger partial charge on any atom is -0.455 e. The van der Waals surface area contributed by atoms with E-state index in [2.05, 4.69) is 22.0 Å². The molecule has 0 aliphatic carbocycles. The Balaban J connectivity index is 1.61. The van der Waals surface area contributed by atoms with E-state index in [9.17, 15) is 4.39 Å². The number of nitrogens with two attached hydrogens (primary N) is 1. The molecule has 3 aromatic heterocycles. The molecule has 0 saturated carbocycles. The standard InChI is InChI=1S/C26H22FN5O/c1-3-8-23(18-12-5-9-16-10-7-14-29-24(16)18)33-22(4-2)20-15-21-17-11-6-13-19(27)25(17)30-26(28)32(21)31-20/h4-15H,3H2,1-2H3,(H2,28,30)/b22-4-,23-8+.